The maximum Gasteiger partial charge on any atom is 0.243 e. The molecule has 10 nitrogen and oxygen atoms in total. The smallest absolute Gasteiger partial charge is 0.243 e. The van der Waals surface area contributed by atoms with Gasteiger partial charge in [0.1, 0.15) is 17.4 Å². The van der Waals surface area contributed by atoms with Crippen molar-refractivity contribution in [2.24, 2.45) is 0 Å². The first-order valence-electron chi connectivity index (χ1n) is 13.4. The van der Waals surface area contributed by atoms with E-state index in [0.29, 0.717) is 32.0 Å². The second-order valence-electron chi connectivity index (χ2n) is 9.86. The molecule has 1 aliphatic heterocycles. The lowest BCUT2D eigenvalue weighted by Crippen LogP contribution is -2.49. The molecule has 41 heavy (non-hydrogen) atoms. The molecule has 11 heteroatoms. The maximum atomic E-state index is 13.4. The first-order chi connectivity index (χ1) is 19.9. The fraction of sp³-hybridized carbons (Fsp3) is 0.233. The minimum absolute atomic E-state index is 0.103. The molecule has 3 aromatic carbocycles. The summed E-state index contributed by atoms with van der Waals surface area (Å²) in [5, 5.41) is 8.56. The van der Waals surface area contributed by atoms with Gasteiger partial charge in [0.05, 0.1) is 29.3 Å². The van der Waals surface area contributed by atoms with Gasteiger partial charge in [-0.15, -0.1) is 0 Å². The van der Waals surface area contributed by atoms with Gasteiger partial charge in [0.2, 0.25) is 10.0 Å². The van der Waals surface area contributed by atoms with Crippen LogP contribution in [0.1, 0.15) is 18.8 Å². The summed E-state index contributed by atoms with van der Waals surface area (Å²) in [6.45, 7) is 3.99. The standard InChI is InChI=1S/C30H31N7O3S/c1-22(29-33-28-7-4-3-6-27(28)30(34-29)32-23-8-12-25(40-2)13-9-23)35-18-20-36(21-19-35)41(38,39)26-14-10-24(11-15-26)37-17-5-16-31-37/h3-17,22H,18-21H2,1-2H3,(H,32,33,34). The molecule has 210 valence electrons. The summed E-state index contributed by atoms with van der Waals surface area (Å²) in [7, 11) is -1.97. The van der Waals surface area contributed by atoms with Gasteiger partial charge in [0.15, 0.2) is 0 Å². The van der Waals surface area contributed by atoms with E-state index in [9.17, 15) is 8.42 Å². The van der Waals surface area contributed by atoms with Crippen LogP contribution in [0.25, 0.3) is 16.6 Å². The topological polar surface area (TPSA) is 105 Å². The lowest BCUT2D eigenvalue weighted by Gasteiger charge is -2.36. The van der Waals surface area contributed by atoms with Crippen molar-refractivity contribution in [1.82, 2.24) is 29.0 Å². The van der Waals surface area contributed by atoms with Gasteiger partial charge in [-0.2, -0.15) is 9.40 Å². The van der Waals surface area contributed by atoms with Crippen LogP contribution in [0.2, 0.25) is 0 Å². The van der Waals surface area contributed by atoms with Gasteiger partial charge in [0, 0.05) is 49.6 Å². The number of hydrogen-bond donors (Lipinski definition) is 1. The molecule has 1 aliphatic rings. The van der Waals surface area contributed by atoms with E-state index >= 15 is 0 Å². The Morgan fingerprint density at radius 1 is 0.878 bits per heavy atom. The van der Waals surface area contributed by atoms with Crippen molar-refractivity contribution in [1.29, 1.82) is 0 Å². The molecule has 6 rings (SSSR count). The van der Waals surface area contributed by atoms with Crippen LogP contribution >= 0.6 is 0 Å². The van der Waals surface area contributed by atoms with E-state index in [1.165, 1.54) is 0 Å². The number of anilines is 2. The van der Waals surface area contributed by atoms with Crippen LogP contribution in [-0.4, -0.2) is 70.7 Å². The highest BCUT2D eigenvalue weighted by atomic mass is 32.2. The molecule has 0 saturated carbocycles. The third kappa shape index (κ3) is 5.51. The van der Waals surface area contributed by atoms with Gasteiger partial charge in [-0.05, 0) is 73.7 Å². The summed E-state index contributed by atoms with van der Waals surface area (Å²) in [5.41, 5.74) is 2.55. The number of piperazine rings is 1. The number of nitrogens with one attached hydrogen (secondary N) is 1. The summed E-state index contributed by atoms with van der Waals surface area (Å²) < 4.78 is 35.3. The first-order valence-corrected chi connectivity index (χ1v) is 14.9. The Morgan fingerprint density at radius 2 is 1.61 bits per heavy atom. The van der Waals surface area contributed by atoms with Gasteiger partial charge < -0.3 is 10.1 Å². The molecule has 0 bridgehead atoms. The number of sulfonamides is 1. The normalized spacial score (nSPS) is 15.6. The van der Waals surface area contributed by atoms with Crippen LogP contribution in [0.4, 0.5) is 11.5 Å². The second kappa shape index (κ2) is 11.3. The molecule has 3 heterocycles. The van der Waals surface area contributed by atoms with Crippen molar-refractivity contribution in [3.05, 3.63) is 97.1 Å². The molecule has 1 unspecified atom stereocenters. The summed E-state index contributed by atoms with van der Waals surface area (Å²) >= 11 is 0. The Labute approximate surface area is 239 Å². The average Bonchev–Trinajstić information content (AvgIpc) is 3.56. The lowest BCUT2D eigenvalue weighted by atomic mass is 10.2. The van der Waals surface area contributed by atoms with Crippen LogP contribution in [0.3, 0.4) is 0 Å². The third-order valence-corrected chi connectivity index (χ3v) is 9.32. The Kier molecular flexibility index (Phi) is 7.39. The molecular weight excluding hydrogens is 538 g/mol. The fourth-order valence-electron chi connectivity index (χ4n) is 5.02. The summed E-state index contributed by atoms with van der Waals surface area (Å²) in [4.78, 5) is 12.3. The SMILES string of the molecule is COc1ccc(Nc2nc(C(C)N3CCN(S(=O)(=O)c4ccc(-n5cccn5)cc4)CC3)nc3ccccc23)cc1. The van der Waals surface area contributed by atoms with Crippen LogP contribution in [0.5, 0.6) is 5.75 Å². The quantitative estimate of drug-likeness (QED) is 0.288. The molecule has 1 fully saturated rings. The highest BCUT2D eigenvalue weighted by Crippen LogP contribution is 2.29. The number of benzene rings is 3. The fourth-order valence-corrected chi connectivity index (χ4v) is 6.45. The average molecular weight is 570 g/mol. The number of nitrogens with zero attached hydrogens (tertiary/aromatic N) is 6. The Balaban J connectivity index is 1.17. The van der Waals surface area contributed by atoms with Crippen molar-refractivity contribution in [2.45, 2.75) is 17.9 Å². The van der Waals surface area contributed by atoms with Crippen molar-refractivity contribution in [3.63, 3.8) is 0 Å². The number of ether oxygens (including phenoxy) is 1. The number of aromatic nitrogens is 4. The molecule has 1 saturated heterocycles. The molecule has 0 aliphatic carbocycles. The minimum Gasteiger partial charge on any atom is -0.497 e. The monoisotopic (exact) mass is 569 g/mol. The van der Waals surface area contributed by atoms with E-state index < -0.39 is 10.0 Å². The van der Waals surface area contributed by atoms with Crippen LogP contribution in [0.15, 0.2) is 96.2 Å². The van der Waals surface area contributed by atoms with E-state index in [0.717, 1.165) is 33.8 Å². The van der Waals surface area contributed by atoms with E-state index in [1.54, 1.807) is 46.6 Å². The van der Waals surface area contributed by atoms with Crippen molar-refractivity contribution in [3.8, 4) is 11.4 Å². The first kappa shape index (κ1) is 26.9. The Hall–Kier alpha value is -4.32. The zero-order chi connectivity index (χ0) is 28.4. The van der Waals surface area contributed by atoms with E-state index in [1.807, 2.05) is 60.8 Å². The molecule has 0 amide bonds. The predicted octanol–water partition coefficient (Wildman–Crippen LogP) is 4.64. The van der Waals surface area contributed by atoms with Crippen molar-refractivity contribution >= 4 is 32.4 Å². The van der Waals surface area contributed by atoms with Gasteiger partial charge in [-0.1, -0.05) is 12.1 Å². The molecule has 1 atom stereocenters. The number of para-hydroxylation sites is 1. The third-order valence-electron chi connectivity index (χ3n) is 7.41. The number of methoxy groups -OCH3 is 1. The predicted molar refractivity (Wildman–Crippen MR) is 158 cm³/mol. The van der Waals surface area contributed by atoms with Crippen molar-refractivity contribution in [2.75, 3.05) is 38.6 Å². The largest absolute Gasteiger partial charge is 0.497 e. The molecular formula is C30H31N7O3S. The van der Waals surface area contributed by atoms with Crippen LogP contribution < -0.4 is 10.1 Å². The number of fused-ring (bicyclic) bond motifs is 1. The summed E-state index contributed by atoms with van der Waals surface area (Å²) in [6.07, 6.45) is 3.51. The molecule has 0 spiro atoms. The molecule has 1 N–H and O–H groups in total. The summed E-state index contributed by atoms with van der Waals surface area (Å²) in [5.74, 6) is 2.19. The van der Waals surface area contributed by atoms with Gasteiger partial charge in [-0.3, -0.25) is 4.90 Å². The number of hydrogen-bond acceptors (Lipinski definition) is 8. The van der Waals surface area contributed by atoms with Crippen molar-refractivity contribution < 1.29 is 13.2 Å². The zero-order valence-corrected chi connectivity index (χ0v) is 23.7. The Morgan fingerprint density at radius 3 is 2.29 bits per heavy atom. The highest BCUT2D eigenvalue weighted by molar-refractivity contribution is 7.89. The molecule has 2 aromatic heterocycles. The van der Waals surface area contributed by atoms with Crippen LogP contribution in [0, 0.1) is 0 Å². The van der Waals surface area contributed by atoms with Gasteiger partial charge in [0.25, 0.3) is 0 Å². The maximum absolute atomic E-state index is 13.4. The highest BCUT2D eigenvalue weighted by Gasteiger charge is 2.31. The van der Waals surface area contributed by atoms with E-state index in [4.69, 9.17) is 14.7 Å². The summed E-state index contributed by atoms with van der Waals surface area (Å²) in [6, 6.07) is 24.2. The van der Waals surface area contributed by atoms with Gasteiger partial charge in [-0.25, -0.2) is 23.1 Å². The van der Waals surface area contributed by atoms with E-state index in [2.05, 4.69) is 22.2 Å². The van der Waals surface area contributed by atoms with Gasteiger partial charge >= 0.3 is 0 Å². The number of rotatable bonds is 8. The minimum atomic E-state index is -3.61. The molecule has 5 aromatic rings. The Bertz CT molecular complexity index is 1730. The van der Waals surface area contributed by atoms with Crippen LogP contribution in [-0.2, 0) is 10.0 Å². The zero-order valence-electron chi connectivity index (χ0n) is 22.9. The lowest BCUT2D eigenvalue weighted by molar-refractivity contribution is 0.141. The second-order valence-corrected chi connectivity index (χ2v) is 11.8. The molecule has 0 radical (unpaired) electrons. The van der Waals surface area contributed by atoms with E-state index in [-0.39, 0.29) is 10.9 Å².